The quantitative estimate of drug-likeness (QED) is 0.621. The van der Waals surface area contributed by atoms with Crippen molar-refractivity contribution in [2.24, 2.45) is 0 Å². The van der Waals surface area contributed by atoms with Crippen molar-refractivity contribution in [3.05, 3.63) is 29.1 Å². The van der Waals surface area contributed by atoms with E-state index in [9.17, 15) is 26.4 Å². The molecule has 1 rings (SSSR count). The average Bonchev–Trinajstić information content (AvgIpc) is 2.11. The molecule has 1 aromatic rings. The third kappa shape index (κ3) is 2.31. The van der Waals surface area contributed by atoms with Crippen molar-refractivity contribution in [1.82, 2.24) is 0 Å². The van der Waals surface area contributed by atoms with Gasteiger partial charge in [0, 0.05) is 10.7 Å². The minimum absolute atomic E-state index is 0.228. The van der Waals surface area contributed by atoms with Gasteiger partial charge in [0.1, 0.15) is 4.90 Å². The molecular weight excluding hydrogens is 292 g/mol. The van der Waals surface area contributed by atoms with Crippen molar-refractivity contribution < 1.29 is 26.4 Å². The van der Waals surface area contributed by atoms with Crippen molar-refractivity contribution in [3.63, 3.8) is 0 Å². The second kappa shape index (κ2) is 4.23. The molecule has 16 heavy (non-hydrogen) atoms. The van der Waals surface area contributed by atoms with E-state index >= 15 is 0 Å². The number of halogens is 5. The Morgan fingerprint density at radius 2 is 1.62 bits per heavy atom. The van der Waals surface area contributed by atoms with Crippen LogP contribution in [0.3, 0.4) is 0 Å². The summed E-state index contributed by atoms with van der Waals surface area (Å²) in [5.74, 6) is -6.01. The standard InChI is InChI=1S/C7HCl2F3O3S/c8-7(13)2-1-3(16(9,14)15)5(11)6(12)4(2)10/h1H. The summed E-state index contributed by atoms with van der Waals surface area (Å²) in [6.07, 6.45) is 0. The molecule has 0 atom stereocenters. The van der Waals surface area contributed by atoms with Gasteiger partial charge in [0.15, 0.2) is 17.5 Å². The van der Waals surface area contributed by atoms with E-state index < -0.39 is 42.2 Å². The van der Waals surface area contributed by atoms with Gasteiger partial charge in [0.05, 0.1) is 5.56 Å². The highest BCUT2D eigenvalue weighted by atomic mass is 35.7. The molecular formula is C7HCl2F3O3S. The lowest BCUT2D eigenvalue weighted by molar-refractivity contribution is 0.107. The Labute approximate surface area is 97.2 Å². The molecule has 9 heteroatoms. The smallest absolute Gasteiger partial charge is 0.264 e. The van der Waals surface area contributed by atoms with E-state index in [2.05, 4.69) is 0 Å². The predicted molar refractivity (Wildman–Crippen MR) is 49.5 cm³/mol. The fourth-order valence-electron chi connectivity index (χ4n) is 0.901. The van der Waals surface area contributed by atoms with Crippen molar-refractivity contribution in [2.45, 2.75) is 4.90 Å². The van der Waals surface area contributed by atoms with Crippen LogP contribution in [0.4, 0.5) is 13.2 Å². The predicted octanol–water partition coefficient (Wildman–Crippen LogP) is 2.41. The van der Waals surface area contributed by atoms with E-state index in [0.717, 1.165) is 0 Å². The number of carbonyl (C=O) groups excluding carboxylic acids is 1. The molecule has 0 aliphatic rings. The first-order chi connectivity index (χ1) is 7.16. The average molecular weight is 293 g/mol. The molecule has 0 bridgehead atoms. The van der Waals surface area contributed by atoms with Crippen molar-refractivity contribution in [3.8, 4) is 0 Å². The van der Waals surface area contributed by atoms with Crippen molar-refractivity contribution in [1.29, 1.82) is 0 Å². The molecule has 1 aromatic carbocycles. The highest BCUT2D eigenvalue weighted by Crippen LogP contribution is 2.26. The number of hydrogen-bond acceptors (Lipinski definition) is 3. The van der Waals surface area contributed by atoms with Gasteiger partial charge >= 0.3 is 0 Å². The Morgan fingerprint density at radius 3 is 2.00 bits per heavy atom. The molecule has 0 saturated carbocycles. The minimum atomic E-state index is -4.65. The Bertz CT molecular complexity index is 571. The van der Waals surface area contributed by atoms with Gasteiger partial charge in [-0.25, -0.2) is 21.6 Å². The van der Waals surface area contributed by atoms with E-state index in [1.165, 1.54) is 0 Å². The Kier molecular flexibility index (Phi) is 3.51. The van der Waals surface area contributed by atoms with Crippen molar-refractivity contribution in [2.75, 3.05) is 0 Å². The number of benzene rings is 1. The third-order valence-corrected chi connectivity index (χ3v) is 3.11. The van der Waals surface area contributed by atoms with Crippen LogP contribution >= 0.6 is 22.3 Å². The van der Waals surface area contributed by atoms with Gasteiger partial charge in [-0.05, 0) is 17.7 Å². The summed E-state index contributed by atoms with van der Waals surface area (Å²) in [4.78, 5) is 9.26. The van der Waals surface area contributed by atoms with E-state index in [1.54, 1.807) is 0 Å². The monoisotopic (exact) mass is 292 g/mol. The SMILES string of the molecule is O=C(Cl)c1cc(S(=O)(=O)Cl)c(F)c(F)c1F. The molecule has 88 valence electrons. The zero-order chi connectivity index (χ0) is 12.7. The fourth-order valence-corrected chi connectivity index (χ4v) is 1.94. The minimum Gasteiger partial charge on any atom is -0.275 e. The summed E-state index contributed by atoms with van der Waals surface area (Å²) in [6.45, 7) is 0. The van der Waals surface area contributed by atoms with Crippen LogP contribution in [-0.2, 0) is 9.05 Å². The summed E-state index contributed by atoms with van der Waals surface area (Å²) in [6, 6.07) is 0.228. The van der Waals surface area contributed by atoms with Gasteiger partial charge in [-0.2, -0.15) is 0 Å². The van der Waals surface area contributed by atoms with Gasteiger partial charge in [0.25, 0.3) is 14.3 Å². The molecule has 0 N–H and O–H groups in total. The van der Waals surface area contributed by atoms with Crippen LogP contribution in [0.2, 0.25) is 0 Å². The topological polar surface area (TPSA) is 51.2 Å². The molecule has 0 fully saturated rings. The molecule has 0 unspecified atom stereocenters. The van der Waals surface area contributed by atoms with E-state index in [0.29, 0.717) is 0 Å². The lowest BCUT2D eigenvalue weighted by Crippen LogP contribution is -2.07. The van der Waals surface area contributed by atoms with Gasteiger partial charge in [0.2, 0.25) is 0 Å². The van der Waals surface area contributed by atoms with Crippen LogP contribution in [0.25, 0.3) is 0 Å². The molecule has 0 radical (unpaired) electrons. The molecule has 0 aromatic heterocycles. The molecule has 0 saturated heterocycles. The van der Waals surface area contributed by atoms with Crippen LogP contribution in [0.5, 0.6) is 0 Å². The molecule has 0 heterocycles. The fraction of sp³-hybridized carbons (Fsp3) is 0. The third-order valence-electron chi connectivity index (χ3n) is 1.59. The molecule has 0 spiro atoms. The maximum absolute atomic E-state index is 13.0. The summed E-state index contributed by atoms with van der Waals surface area (Å²) in [5, 5.41) is -1.47. The van der Waals surface area contributed by atoms with Gasteiger partial charge < -0.3 is 0 Å². The number of carbonyl (C=O) groups is 1. The van der Waals surface area contributed by atoms with E-state index in [4.69, 9.17) is 22.3 Å². The highest BCUT2D eigenvalue weighted by Gasteiger charge is 2.27. The molecule has 0 aliphatic heterocycles. The summed E-state index contributed by atoms with van der Waals surface area (Å²) >= 11 is 4.85. The van der Waals surface area contributed by atoms with Crippen LogP contribution in [0.1, 0.15) is 10.4 Å². The molecule has 3 nitrogen and oxygen atoms in total. The summed E-state index contributed by atoms with van der Waals surface area (Å²) in [7, 11) is 0.104. The van der Waals surface area contributed by atoms with Crippen LogP contribution < -0.4 is 0 Å². The highest BCUT2D eigenvalue weighted by molar-refractivity contribution is 8.13. The van der Waals surface area contributed by atoms with E-state index in [1.807, 2.05) is 0 Å². The van der Waals surface area contributed by atoms with Crippen molar-refractivity contribution >= 4 is 36.6 Å². The number of hydrogen-bond donors (Lipinski definition) is 0. The lowest BCUT2D eigenvalue weighted by Gasteiger charge is -2.04. The first-order valence-corrected chi connectivity index (χ1v) is 6.17. The maximum Gasteiger partial charge on any atom is 0.264 e. The Balaban J connectivity index is 3.74. The lowest BCUT2D eigenvalue weighted by atomic mass is 10.2. The molecule has 0 aliphatic carbocycles. The second-order valence-electron chi connectivity index (χ2n) is 2.58. The zero-order valence-electron chi connectivity index (χ0n) is 7.10. The molecule has 0 amide bonds. The van der Waals surface area contributed by atoms with E-state index in [-0.39, 0.29) is 6.07 Å². The largest absolute Gasteiger partial charge is 0.275 e. The van der Waals surface area contributed by atoms with Gasteiger partial charge in [-0.15, -0.1) is 0 Å². The summed E-state index contributed by atoms with van der Waals surface area (Å²) < 4.78 is 60.3. The maximum atomic E-state index is 13.0. The summed E-state index contributed by atoms with van der Waals surface area (Å²) in [5.41, 5.74) is -1.11. The first kappa shape index (κ1) is 13.3. The first-order valence-electron chi connectivity index (χ1n) is 3.48. The van der Waals surface area contributed by atoms with Gasteiger partial charge in [-0.3, -0.25) is 4.79 Å². The zero-order valence-corrected chi connectivity index (χ0v) is 9.43. The Hall–Kier alpha value is -0.790. The normalized spacial score (nSPS) is 11.6. The Morgan fingerprint density at radius 1 is 1.12 bits per heavy atom. The van der Waals surface area contributed by atoms with Gasteiger partial charge in [-0.1, -0.05) is 0 Å². The van der Waals surface area contributed by atoms with Crippen LogP contribution in [0, 0.1) is 17.5 Å². The second-order valence-corrected chi connectivity index (χ2v) is 5.45. The van der Waals surface area contributed by atoms with Crippen LogP contribution in [-0.4, -0.2) is 13.7 Å². The number of rotatable bonds is 2. The van der Waals surface area contributed by atoms with Crippen LogP contribution in [0.15, 0.2) is 11.0 Å².